The minimum atomic E-state index is -0.167. The van der Waals surface area contributed by atoms with Crippen LogP contribution in [0, 0.1) is 0 Å². The molecule has 0 aromatic carbocycles. The van der Waals surface area contributed by atoms with Crippen molar-refractivity contribution in [2.75, 3.05) is 0 Å². The van der Waals surface area contributed by atoms with Gasteiger partial charge in [-0.2, -0.15) is 0 Å². The zero-order valence-corrected chi connectivity index (χ0v) is 5.96. The Morgan fingerprint density at radius 3 is 1.14 bits per heavy atom. The summed E-state index contributed by atoms with van der Waals surface area (Å²) in [4.78, 5) is 0. The van der Waals surface area contributed by atoms with Crippen molar-refractivity contribution in [3.63, 3.8) is 0 Å². The van der Waals surface area contributed by atoms with Crippen LogP contribution in [0.5, 0.6) is 0 Å². The topological polar surface area (TPSA) is 52.0 Å². The van der Waals surface area contributed by atoms with Gasteiger partial charge in [0.05, 0.1) is 0 Å². The largest absolute Gasteiger partial charge is 0.316 e. The lowest BCUT2D eigenvalue weighted by atomic mass is 10.7. The molecule has 0 amide bonds. The van der Waals surface area contributed by atoms with Crippen LogP contribution < -0.4 is 11.5 Å². The van der Waals surface area contributed by atoms with E-state index in [1.54, 1.807) is 6.92 Å². The highest BCUT2D eigenvalue weighted by molar-refractivity contribution is 5.85. The highest BCUT2D eigenvalue weighted by atomic mass is 35.5. The number of hydrogen-bond acceptors (Lipinski definition) is 2. The lowest BCUT2D eigenvalue weighted by Crippen LogP contribution is -2.25. The van der Waals surface area contributed by atoms with Crippen LogP contribution in [-0.4, -0.2) is 6.17 Å². The first kappa shape index (κ1) is 15.7. The molecular weight excluding hydrogens is 112 g/mol. The predicted molar refractivity (Wildman–Crippen MR) is 36.4 cm³/mol. The molecule has 0 aliphatic carbocycles. The Balaban J connectivity index is -0.0000000480. The van der Waals surface area contributed by atoms with Crippen molar-refractivity contribution >= 4 is 12.4 Å². The summed E-state index contributed by atoms with van der Waals surface area (Å²) in [5, 5.41) is 0. The van der Waals surface area contributed by atoms with Crippen LogP contribution in [0.25, 0.3) is 0 Å². The highest BCUT2D eigenvalue weighted by Gasteiger charge is 1.66. The van der Waals surface area contributed by atoms with Gasteiger partial charge in [-0.3, -0.25) is 0 Å². The van der Waals surface area contributed by atoms with Crippen molar-refractivity contribution < 1.29 is 0 Å². The van der Waals surface area contributed by atoms with E-state index in [0.29, 0.717) is 0 Å². The molecule has 4 N–H and O–H groups in total. The van der Waals surface area contributed by atoms with E-state index in [1.807, 2.05) is 13.8 Å². The number of hydrogen-bond donors (Lipinski definition) is 2. The van der Waals surface area contributed by atoms with Gasteiger partial charge in [0.25, 0.3) is 0 Å². The monoisotopic (exact) mass is 126 g/mol. The van der Waals surface area contributed by atoms with Crippen molar-refractivity contribution in [1.82, 2.24) is 0 Å². The maximum Gasteiger partial charge on any atom is 0.0491 e. The van der Waals surface area contributed by atoms with Crippen LogP contribution in [0.2, 0.25) is 0 Å². The number of halogens is 1. The fourth-order valence-corrected chi connectivity index (χ4v) is 0. The Labute approximate surface area is 51.7 Å². The zero-order valence-electron chi connectivity index (χ0n) is 5.14. The van der Waals surface area contributed by atoms with Crippen molar-refractivity contribution in [3.8, 4) is 0 Å². The van der Waals surface area contributed by atoms with Crippen molar-refractivity contribution in [2.24, 2.45) is 11.5 Å². The average Bonchev–Trinajstić information content (AvgIpc) is 1.41. The predicted octanol–water partition coefficient (Wildman–Crippen LogP) is 0.698. The fourth-order valence-electron chi connectivity index (χ4n) is 0. The Morgan fingerprint density at radius 2 is 1.14 bits per heavy atom. The van der Waals surface area contributed by atoms with Gasteiger partial charge in [-0.25, -0.2) is 0 Å². The summed E-state index contributed by atoms with van der Waals surface area (Å²) in [5.74, 6) is 0. The second kappa shape index (κ2) is 16.4. The third-order valence-electron chi connectivity index (χ3n) is 0. The smallest absolute Gasteiger partial charge is 0.0491 e. The first-order valence-corrected chi connectivity index (χ1v) is 2.24. The Morgan fingerprint density at radius 1 is 1.14 bits per heavy atom. The summed E-state index contributed by atoms with van der Waals surface area (Å²) in [7, 11) is 0. The van der Waals surface area contributed by atoms with E-state index in [4.69, 9.17) is 11.5 Å². The van der Waals surface area contributed by atoms with E-state index in [2.05, 4.69) is 0 Å². The molecule has 0 saturated carbocycles. The van der Waals surface area contributed by atoms with Crippen molar-refractivity contribution in [3.05, 3.63) is 0 Å². The summed E-state index contributed by atoms with van der Waals surface area (Å²) in [6.07, 6.45) is -0.167. The van der Waals surface area contributed by atoms with Gasteiger partial charge < -0.3 is 11.5 Å². The van der Waals surface area contributed by atoms with Crippen molar-refractivity contribution in [1.29, 1.82) is 0 Å². The Bertz CT molecular complexity index is 14.4. The fraction of sp³-hybridized carbons (Fsp3) is 1.00. The second-order valence-electron chi connectivity index (χ2n) is 0.859. The Kier molecular flexibility index (Phi) is 36.7. The molecule has 48 valence electrons. The van der Waals surface area contributed by atoms with Crippen LogP contribution in [0.3, 0.4) is 0 Å². The van der Waals surface area contributed by atoms with E-state index in [1.165, 1.54) is 0 Å². The summed E-state index contributed by atoms with van der Waals surface area (Å²) < 4.78 is 0. The van der Waals surface area contributed by atoms with Crippen LogP contribution in [0.15, 0.2) is 0 Å². The quantitative estimate of drug-likeness (QED) is 0.470. The van der Waals surface area contributed by atoms with Gasteiger partial charge in [-0.15, -0.1) is 12.4 Å². The van der Waals surface area contributed by atoms with Gasteiger partial charge in [0.1, 0.15) is 0 Å². The molecule has 0 saturated heterocycles. The minimum absolute atomic E-state index is 0. The minimum Gasteiger partial charge on any atom is -0.316 e. The van der Waals surface area contributed by atoms with Gasteiger partial charge in [0.15, 0.2) is 0 Å². The van der Waals surface area contributed by atoms with Crippen LogP contribution >= 0.6 is 12.4 Å². The maximum atomic E-state index is 4.89. The van der Waals surface area contributed by atoms with E-state index in [-0.39, 0.29) is 18.6 Å². The SMILES string of the molecule is CC.CC(N)N.Cl. The van der Waals surface area contributed by atoms with E-state index in [9.17, 15) is 0 Å². The molecule has 0 rings (SSSR count). The molecule has 0 atom stereocenters. The molecule has 0 aromatic rings. The summed E-state index contributed by atoms with van der Waals surface area (Å²) >= 11 is 0. The highest BCUT2D eigenvalue weighted by Crippen LogP contribution is 1.41. The normalized spacial score (nSPS) is 6.00. The third-order valence-corrected chi connectivity index (χ3v) is 0. The van der Waals surface area contributed by atoms with Crippen LogP contribution in [-0.2, 0) is 0 Å². The van der Waals surface area contributed by atoms with Gasteiger partial charge in [0.2, 0.25) is 0 Å². The second-order valence-corrected chi connectivity index (χ2v) is 0.859. The molecule has 0 radical (unpaired) electrons. The summed E-state index contributed by atoms with van der Waals surface area (Å²) in [5.41, 5.74) is 9.78. The molecule has 0 unspecified atom stereocenters. The van der Waals surface area contributed by atoms with E-state index < -0.39 is 0 Å². The molecule has 0 aliphatic rings. The number of nitrogens with two attached hydrogens (primary N) is 2. The molecule has 0 aromatic heterocycles. The summed E-state index contributed by atoms with van der Waals surface area (Å²) in [6.45, 7) is 5.72. The molecule has 3 heteroatoms. The van der Waals surface area contributed by atoms with E-state index >= 15 is 0 Å². The molecule has 0 fully saturated rings. The summed E-state index contributed by atoms with van der Waals surface area (Å²) in [6, 6.07) is 0. The van der Waals surface area contributed by atoms with Gasteiger partial charge in [0, 0.05) is 6.17 Å². The number of rotatable bonds is 0. The van der Waals surface area contributed by atoms with Gasteiger partial charge in [-0.05, 0) is 6.92 Å². The molecular formula is C4H15ClN2. The van der Waals surface area contributed by atoms with E-state index in [0.717, 1.165) is 0 Å². The molecule has 2 nitrogen and oxygen atoms in total. The van der Waals surface area contributed by atoms with Crippen molar-refractivity contribution in [2.45, 2.75) is 26.9 Å². The maximum absolute atomic E-state index is 4.89. The standard InChI is InChI=1S/C2H8N2.C2H6.ClH/c1-2(3)4;1-2;/h2H,3-4H2,1H3;1-2H3;1H. The zero-order chi connectivity index (χ0) is 5.58. The van der Waals surface area contributed by atoms with Crippen LogP contribution in [0.4, 0.5) is 0 Å². The first-order valence-electron chi connectivity index (χ1n) is 2.24. The molecule has 0 aliphatic heterocycles. The lowest BCUT2D eigenvalue weighted by Gasteiger charge is -1.83. The molecule has 0 heterocycles. The Hall–Kier alpha value is 0.210. The van der Waals surface area contributed by atoms with Crippen LogP contribution in [0.1, 0.15) is 20.8 Å². The molecule has 0 bridgehead atoms. The molecule has 7 heavy (non-hydrogen) atoms. The van der Waals surface area contributed by atoms with Gasteiger partial charge >= 0.3 is 0 Å². The third kappa shape index (κ3) is 2500. The first-order chi connectivity index (χ1) is 2.73. The lowest BCUT2D eigenvalue weighted by molar-refractivity contribution is 0.790. The average molecular weight is 127 g/mol. The molecule has 0 spiro atoms. The van der Waals surface area contributed by atoms with Gasteiger partial charge in [-0.1, -0.05) is 13.8 Å².